The van der Waals surface area contributed by atoms with Crippen molar-refractivity contribution in [3.63, 3.8) is 0 Å². The molecule has 3 nitrogen and oxygen atoms in total. The maximum atomic E-state index is 5.74. The van der Waals surface area contributed by atoms with Crippen LogP contribution in [0, 0.1) is 5.92 Å². The highest BCUT2D eigenvalue weighted by molar-refractivity contribution is 5.30. The van der Waals surface area contributed by atoms with E-state index in [0.717, 1.165) is 25.3 Å². The number of nitrogens with zero attached hydrogens (tertiary/aromatic N) is 1. The van der Waals surface area contributed by atoms with Crippen LogP contribution in [0.15, 0.2) is 48.8 Å². The van der Waals surface area contributed by atoms with Crippen molar-refractivity contribution in [2.75, 3.05) is 6.54 Å². The molecule has 1 aromatic heterocycles. The van der Waals surface area contributed by atoms with Gasteiger partial charge in [-0.2, -0.15) is 0 Å². The number of aromatic nitrogens is 1. The first-order chi connectivity index (χ1) is 11.6. The first kappa shape index (κ1) is 18.5. The van der Waals surface area contributed by atoms with Crippen LogP contribution in [0.2, 0.25) is 0 Å². The zero-order chi connectivity index (χ0) is 17.4. The third kappa shape index (κ3) is 5.97. The van der Waals surface area contributed by atoms with Gasteiger partial charge in [0.1, 0.15) is 5.75 Å². The zero-order valence-corrected chi connectivity index (χ0v) is 15.3. The molecule has 1 unspecified atom stereocenters. The van der Waals surface area contributed by atoms with Gasteiger partial charge in [0.15, 0.2) is 0 Å². The Kier molecular flexibility index (Phi) is 7.26. The second kappa shape index (κ2) is 9.43. The SMILES string of the molecule is CC(C)Oc1ccc(C(CCNCc2cccnc2)C(C)C)cc1. The van der Waals surface area contributed by atoms with Crippen molar-refractivity contribution in [1.29, 1.82) is 0 Å². The Morgan fingerprint density at radius 3 is 2.38 bits per heavy atom. The van der Waals surface area contributed by atoms with E-state index < -0.39 is 0 Å². The van der Waals surface area contributed by atoms with Crippen LogP contribution in [0.5, 0.6) is 5.75 Å². The van der Waals surface area contributed by atoms with E-state index in [9.17, 15) is 0 Å². The molecule has 1 atom stereocenters. The molecule has 0 spiro atoms. The average Bonchev–Trinajstić information content (AvgIpc) is 2.56. The van der Waals surface area contributed by atoms with Gasteiger partial charge in [0, 0.05) is 18.9 Å². The van der Waals surface area contributed by atoms with Gasteiger partial charge in [-0.25, -0.2) is 0 Å². The lowest BCUT2D eigenvalue weighted by Gasteiger charge is -2.22. The van der Waals surface area contributed by atoms with Crippen LogP contribution < -0.4 is 10.1 Å². The summed E-state index contributed by atoms with van der Waals surface area (Å²) in [6.45, 7) is 10.6. The van der Waals surface area contributed by atoms with Gasteiger partial charge < -0.3 is 10.1 Å². The molecule has 0 aliphatic rings. The number of hydrogen-bond acceptors (Lipinski definition) is 3. The average molecular weight is 326 g/mol. The monoisotopic (exact) mass is 326 g/mol. The summed E-state index contributed by atoms with van der Waals surface area (Å²) in [5, 5.41) is 3.53. The number of benzene rings is 1. The maximum Gasteiger partial charge on any atom is 0.119 e. The first-order valence-corrected chi connectivity index (χ1v) is 8.92. The van der Waals surface area contributed by atoms with Crippen LogP contribution in [-0.4, -0.2) is 17.6 Å². The Morgan fingerprint density at radius 1 is 1.04 bits per heavy atom. The minimum atomic E-state index is 0.216. The molecule has 0 saturated carbocycles. The molecule has 130 valence electrons. The van der Waals surface area contributed by atoms with Gasteiger partial charge in [-0.1, -0.05) is 32.0 Å². The van der Waals surface area contributed by atoms with E-state index in [2.05, 4.69) is 68.3 Å². The van der Waals surface area contributed by atoms with E-state index in [1.165, 1.54) is 11.1 Å². The molecule has 3 heteroatoms. The Balaban J connectivity index is 1.87. The van der Waals surface area contributed by atoms with Crippen LogP contribution in [-0.2, 0) is 6.54 Å². The van der Waals surface area contributed by atoms with Crippen molar-refractivity contribution in [2.45, 2.75) is 52.7 Å². The minimum Gasteiger partial charge on any atom is -0.491 e. The van der Waals surface area contributed by atoms with Gasteiger partial charge in [0.2, 0.25) is 0 Å². The number of nitrogens with one attached hydrogen (secondary N) is 1. The lowest BCUT2D eigenvalue weighted by molar-refractivity contribution is 0.242. The van der Waals surface area contributed by atoms with E-state index in [1.54, 1.807) is 0 Å². The highest BCUT2D eigenvalue weighted by Gasteiger charge is 2.15. The van der Waals surface area contributed by atoms with Gasteiger partial charge in [-0.05, 0) is 68.0 Å². The van der Waals surface area contributed by atoms with Crippen molar-refractivity contribution in [1.82, 2.24) is 10.3 Å². The fourth-order valence-electron chi connectivity index (χ4n) is 2.94. The normalized spacial score (nSPS) is 12.6. The molecular weight excluding hydrogens is 296 g/mol. The van der Waals surface area contributed by atoms with Crippen molar-refractivity contribution in [2.24, 2.45) is 5.92 Å². The molecular formula is C21H30N2O. The highest BCUT2D eigenvalue weighted by Crippen LogP contribution is 2.29. The van der Waals surface area contributed by atoms with Crippen molar-refractivity contribution in [3.05, 3.63) is 59.9 Å². The molecule has 0 radical (unpaired) electrons. The molecule has 0 aliphatic heterocycles. The fraction of sp³-hybridized carbons (Fsp3) is 0.476. The van der Waals surface area contributed by atoms with Gasteiger partial charge in [0.25, 0.3) is 0 Å². The van der Waals surface area contributed by atoms with Crippen LogP contribution in [0.4, 0.5) is 0 Å². The van der Waals surface area contributed by atoms with Crippen LogP contribution >= 0.6 is 0 Å². The third-order valence-corrected chi connectivity index (χ3v) is 4.17. The summed E-state index contributed by atoms with van der Waals surface area (Å²) < 4.78 is 5.74. The second-order valence-corrected chi connectivity index (χ2v) is 6.91. The Labute approximate surface area is 146 Å². The molecule has 0 aliphatic carbocycles. The number of hydrogen-bond donors (Lipinski definition) is 1. The van der Waals surface area contributed by atoms with E-state index in [-0.39, 0.29) is 6.10 Å². The molecule has 2 aromatic rings. The van der Waals surface area contributed by atoms with Crippen molar-refractivity contribution >= 4 is 0 Å². The lowest BCUT2D eigenvalue weighted by atomic mass is 9.86. The summed E-state index contributed by atoms with van der Waals surface area (Å²) in [7, 11) is 0. The largest absolute Gasteiger partial charge is 0.491 e. The van der Waals surface area contributed by atoms with Gasteiger partial charge in [0.05, 0.1) is 6.10 Å². The van der Waals surface area contributed by atoms with Gasteiger partial charge in [-0.15, -0.1) is 0 Å². The van der Waals surface area contributed by atoms with Crippen LogP contribution in [0.1, 0.15) is 51.2 Å². The Morgan fingerprint density at radius 2 is 1.79 bits per heavy atom. The van der Waals surface area contributed by atoms with Crippen LogP contribution in [0.25, 0.3) is 0 Å². The molecule has 0 saturated heterocycles. The molecule has 1 heterocycles. The van der Waals surface area contributed by atoms with E-state index in [1.807, 2.05) is 18.5 Å². The summed E-state index contributed by atoms with van der Waals surface area (Å²) in [5.74, 6) is 2.12. The molecule has 0 bridgehead atoms. The lowest BCUT2D eigenvalue weighted by Crippen LogP contribution is -2.19. The topological polar surface area (TPSA) is 34.1 Å². The standard InChI is InChI=1S/C21H30N2O/c1-16(2)21(11-13-23-15-18-6-5-12-22-14-18)19-7-9-20(10-8-19)24-17(3)4/h5-10,12,14,16-17,21,23H,11,13,15H2,1-4H3. The number of ether oxygens (including phenoxy) is 1. The second-order valence-electron chi connectivity index (χ2n) is 6.91. The Bertz CT molecular complexity index is 579. The zero-order valence-electron chi connectivity index (χ0n) is 15.3. The van der Waals surface area contributed by atoms with Crippen LogP contribution in [0.3, 0.4) is 0 Å². The number of pyridine rings is 1. The number of rotatable bonds is 9. The molecule has 0 amide bonds. The van der Waals surface area contributed by atoms with Crippen molar-refractivity contribution < 1.29 is 4.74 Å². The van der Waals surface area contributed by atoms with E-state index in [0.29, 0.717) is 11.8 Å². The summed E-state index contributed by atoms with van der Waals surface area (Å²) in [6.07, 6.45) is 5.07. The molecule has 1 N–H and O–H groups in total. The van der Waals surface area contributed by atoms with E-state index >= 15 is 0 Å². The molecule has 0 fully saturated rings. The molecule has 1 aromatic carbocycles. The van der Waals surface area contributed by atoms with E-state index in [4.69, 9.17) is 4.74 Å². The Hall–Kier alpha value is -1.87. The summed E-state index contributed by atoms with van der Waals surface area (Å²) in [5.41, 5.74) is 2.62. The smallest absolute Gasteiger partial charge is 0.119 e. The maximum absolute atomic E-state index is 5.74. The predicted molar refractivity (Wildman–Crippen MR) is 100 cm³/mol. The van der Waals surface area contributed by atoms with Gasteiger partial charge >= 0.3 is 0 Å². The summed E-state index contributed by atoms with van der Waals surface area (Å²) >= 11 is 0. The third-order valence-electron chi connectivity index (χ3n) is 4.17. The first-order valence-electron chi connectivity index (χ1n) is 8.92. The summed E-state index contributed by atoms with van der Waals surface area (Å²) in [4.78, 5) is 4.15. The molecule has 2 rings (SSSR count). The predicted octanol–water partition coefficient (Wildman–Crippen LogP) is 4.79. The van der Waals surface area contributed by atoms with Gasteiger partial charge in [-0.3, -0.25) is 4.98 Å². The summed E-state index contributed by atoms with van der Waals surface area (Å²) in [6, 6.07) is 12.7. The molecule has 24 heavy (non-hydrogen) atoms. The fourth-order valence-corrected chi connectivity index (χ4v) is 2.94. The minimum absolute atomic E-state index is 0.216. The van der Waals surface area contributed by atoms with Crippen molar-refractivity contribution in [3.8, 4) is 5.75 Å². The quantitative estimate of drug-likeness (QED) is 0.673. The highest BCUT2D eigenvalue weighted by atomic mass is 16.5.